The van der Waals surface area contributed by atoms with Crippen molar-refractivity contribution in [3.8, 4) is 0 Å². The summed E-state index contributed by atoms with van der Waals surface area (Å²) in [6.45, 7) is 0.827. The smallest absolute Gasteiger partial charge is 0.117 e. The molecule has 0 bridgehead atoms. The van der Waals surface area contributed by atoms with Crippen molar-refractivity contribution in [3.63, 3.8) is 0 Å². The standard InChI is InChI=1S/C10H15NO2/c1-12-10-5-8(6-10)11-7-9-3-2-4-13-9/h2-4,8,10-11H,5-7H2,1H3. The second kappa shape index (κ2) is 3.94. The Balaban J connectivity index is 1.65. The first-order chi connectivity index (χ1) is 6.38. The zero-order chi connectivity index (χ0) is 9.10. The third-order valence-corrected chi connectivity index (χ3v) is 2.57. The predicted octanol–water partition coefficient (Wildman–Crippen LogP) is 1.55. The average molecular weight is 181 g/mol. The molecule has 0 saturated heterocycles. The van der Waals surface area contributed by atoms with Crippen molar-refractivity contribution in [2.45, 2.75) is 31.5 Å². The zero-order valence-electron chi connectivity index (χ0n) is 7.82. The highest BCUT2D eigenvalue weighted by Crippen LogP contribution is 2.22. The van der Waals surface area contributed by atoms with E-state index in [-0.39, 0.29) is 0 Å². The van der Waals surface area contributed by atoms with Crippen LogP contribution in [-0.2, 0) is 11.3 Å². The third-order valence-electron chi connectivity index (χ3n) is 2.57. The molecule has 72 valence electrons. The van der Waals surface area contributed by atoms with Crippen LogP contribution in [0.3, 0.4) is 0 Å². The first-order valence-electron chi connectivity index (χ1n) is 4.67. The van der Waals surface area contributed by atoms with Crippen molar-refractivity contribution in [3.05, 3.63) is 24.2 Å². The summed E-state index contributed by atoms with van der Waals surface area (Å²) >= 11 is 0. The van der Waals surface area contributed by atoms with Crippen molar-refractivity contribution in [2.24, 2.45) is 0 Å². The maximum atomic E-state index is 5.21. The van der Waals surface area contributed by atoms with Gasteiger partial charge in [-0.15, -0.1) is 0 Å². The number of hydrogen-bond donors (Lipinski definition) is 1. The van der Waals surface area contributed by atoms with Gasteiger partial charge in [-0.3, -0.25) is 0 Å². The summed E-state index contributed by atoms with van der Waals surface area (Å²) in [5.41, 5.74) is 0. The fourth-order valence-electron chi connectivity index (χ4n) is 1.58. The second-order valence-electron chi connectivity index (χ2n) is 3.49. The van der Waals surface area contributed by atoms with Crippen molar-refractivity contribution in [1.29, 1.82) is 0 Å². The molecule has 1 N–H and O–H groups in total. The molecule has 1 saturated carbocycles. The minimum absolute atomic E-state index is 0.467. The van der Waals surface area contributed by atoms with Crippen molar-refractivity contribution in [1.82, 2.24) is 5.32 Å². The van der Waals surface area contributed by atoms with Gasteiger partial charge < -0.3 is 14.5 Å². The minimum atomic E-state index is 0.467. The van der Waals surface area contributed by atoms with Crippen molar-refractivity contribution in [2.75, 3.05) is 7.11 Å². The summed E-state index contributed by atoms with van der Waals surface area (Å²) in [6.07, 6.45) is 4.42. The summed E-state index contributed by atoms with van der Waals surface area (Å²) in [5.74, 6) is 1.00. The van der Waals surface area contributed by atoms with Crippen LogP contribution in [0.15, 0.2) is 22.8 Å². The molecule has 1 fully saturated rings. The van der Waals surface area contributed by atoms with E-state index in [1.165, 1.54) is 0 Å². The van der Waals surface area contributed by atoms with Crippen molar-refractivity contribution >= 4 is 0 Å². The van der Waals surface area contributed by atoms with E-state index in [0.29, 0.717) is 12.1 Å². The predicted molar refractivity (Wildman–Crippen MR) is 49.4 cm³/mol. The Bertz CT molecular complexity index is 239. The number of ether oxygens (including phenoxy) is 1. The number of nitrogens with one attached hydrogen (secondary N) is 1. The van der Waals surface area contributed by atoms with Crippen LogP contribution in [0, 0.1) is 0 Å². The summed E-state index contributed by atoms with van der Waals surface area (Å²) < 4.78 is 10.4. The zero-order valence-corrected chi connectivity index (χ0v) is 7.82. The van der Waals surface area contributed by atoms with E-state index in [9.17, 15) is 0 Å². The minimum Gasteiger partial charge on any atom is -0.468 e. The molecule has 0 spiro atoms. The Hall–Kier alpha value is -0.800. The normalized spacial score (nSPS) is 27.2. The van der Waals surface area contributed by atoms with Gasteiger partial charge in [-0.05, 0) is 25.0 Å². The number of hydrogen-bond acceptors (Lipinski definition) is 3. The van der Waals surface area contributed by atoms with Crippen LogP contribution in [0.4, 0.5) is 0 Å². The molecule has 3 heteroatoms. The summed E-state index contributed by atoms with van der Waals surface area (Å²) in [5, 5.41) is 3.41. The number of rotatable bonds is 4. The van der Waals surface area contributed by atoms with Gasteiger partial charge in [0.1, 0.15) is 5.76 Å². The van der Waals surface area contributed by atoms with E-state index in [2.05, 4.69) is 5.32 Å². The van der Waals surface area contributed by atoms with E-state index >= 15 is 0 Å². The molecule has 0 aliphatic heterocycles. The Labute approximate surface area is 78.1 Å². The summed E-state index contributed by atoms with van der Waals surface area (Å²) in [6, 6.07) is 4.50. The Kier molecular flexibility index (Phi) is 2.66. The van der Waals surface area contributed by atoms with Crippen LogP contribution in [0.5, 0.6) is 0 Å². The maximum absolute atomic E-state index is 5.21. The molecule has 0 radical (unpaired) electrons. The Morgan fingerprint density at radius 3 is 3.08 bits per heavy atom. The molecule has 0 aromatic carbocycles. The van der Waals surface area contributed by atoms with Crippen LogP contribution in [0.1, 0.15) is 18.6 Å². The lowest BCUT2D eigenvalue weighted by molar-refractivity contribution is 0.0165. The van der Waals surface area contributed by atoms with Gasteiger partial charge in [0.15, 0.2) is 0 Å². The van der Waals surface area contributed by atoms with Crippen LogP contribution in [0.2, 0.25) is 0 Å². The number of furan rings is 1. The van der Waals surface area contributed by atoms with Crippen LogP contribution < -0.4 is 5.32 Å². The quantitative estimate of drug-likeness (QED) is 0.765. The lowest BCUT2D eigenvalue weighted by Gasteiger charge is -2.34. The highest BCUT2D eigenvalue weighted by Gasteiger charge is 2.28. The van der Waals surface area contributed by atoms with E-state index in [0.717, 1.165) is 25.1 Å². The Morgan fingerprint density at radius 2 is 2.46 bits per heavy atom. The van der Waals surface area contributed by atoms with Crippen LogP contribution in [-0.4, -0.2) is 19.3 Å². The molecule has 2 rings (SSSR count). The topological polar surface area (TPSA) is 34.4 Å². The fourth-order valence-corrected chi connectivity index (χ4v) is 1.58. The molecule has 1 heterocycles. The SMILES string of the molecule is COC1CC(NCc2ccco2)C1. The largest absolute Gasteiger partial charge is 0.468 e. The number of methoxy groups -OCH3 is 1. The third kappa shape index (κ3) is 2.11. The van der Waals surface area contributed by atoms with Crippen LogP contribution in [0.25, 0.3) is 0 Å². The lowest BCUT2D eigenvalue weighted by Crippen LogP contribution is -2.44. The van der Waals surface area contributed by atoms with Gasteiger partial charge in [-0.1, -0.05) is 0 Å². The monoisotopic (exact) mass is 181 g/mol. The molecule has 1 aliphatic carbocycles. The lowest BCUT2D eigenvalue weighted by atomic mass is 9.89. The fraction of sp³-hybridized carbons (Fsp3) is 0.600. The summed E-state index contributed by atoms with van der Waals surface area (Å²) in [4.78, 5) is 0. The molecular formula is C10H15NO2. The van der Waals surface area contributed by atoms with E-state index in [1.807, 2.05) is 12.1 Å². The highest BCUT2D eigenvalue weighted by atomic mass is 16.5. The molecule has 1 aliphatic rings. The van der Waals surface area contributed by atoms with Gasteiger partial charge in [-0.25, -0.2) is 0 Å². The van der Waals surface area contributed by atoms with Crippen LogP contribution >= 0.6 is 0 Å². The van der Waals surface area contributed by atoms with E-state index in [4.69, 9.17) is 9.15 Å². The van der Waals surface area contributed by atoms with Gasteiger partial charge in [0.05, 0.1) is 18.9 Å². The molecule has 0 atom stereocenters. The van der Waals surface area contributed by atoms with E-state index < -0.39 is 0 Å². The molecule has 0 amide bonds. The van der Waals surface area contributed by atoms with Gasteiger partial charge in [0, 0.05) is 13.2 Å². The molecular weight excluding hydrogens is 166 g/mol. The summed E-state index contributed by atoms with van der Waals surface area (Å²) in [7, 11) is 1.77. The van der Waals surface area contributed by atoms with Gasteiger partial charge in [0.25, 0.3) is 0 Å². The first-order valence-corrected chi connectivity index (χ1v) is 4.67. The Morgan fingerprint density at radius 1 is 1.62 bits per heavy atom. The van der Waals surface area contributed by atoms with Crippen molar-refractivity contribution < 1.29 is 9.15 Å². The van der Waals surface area contributed by atoms with Gasteiger partial charge in [-0.2, -0.15) is 0 Å². The molecule has 0 unspecified atom stereocenters. The van der Waals surface area contributed by atoms with E-state index in [1.54, 1.807) is 13.4 Å². The second-order valence-corrected chi connectivity index (χ2v) is 3.49. The molecule has 1 aromatic rings. The maximum Gasteiger partial charge on any atom is 0.117 e. The molecule has 3 nitrogen and oxygen atoms in total. The first kappa shape index (κ1) is 8.78. The van der Waals surface area contributed by atoms with Gasteiger partial charge >= 0.3 is 0 Å². The highest BCUT2D eigenvalue weighted by molar-refractivity contribution is 4.98. The average Bonchev–Trinajstić information content (AvgIpc) is 2.54. The molecule has 13 heavy (non-hydrogen) atoms. The van der Waals surface area contributed by atoms with Gasteiger partial charge in [0.2, 0.25) is 0 Å². The molecule has 1 aromatic heterocycles.